The van der Waals surface area contributed by atoms with Gasteiger partial charge in [-0.2, -0.15) is 0 Å². The van der Waals surface area contributed by atoms with E-state index in [4.69, 9.17) is 11.5 Å². The van der Waals surface area contributed by atoms with Crippen LogP contribution in [0.15, 0.2) is 58.7 Å². The molecular weight excluding hydrogens is 324 g/mol. The van der Waals surface area contributed by atoms with Crippen molar-refractivity contribution < 1.29 is 14.7 Å². The Bertz CT molecular complexity index is 762. The largest absolute Gasteiger partial charge is 0.478 e. The number of aliphatic carboxylic acids is 1. The van der Waals surface area contributed by atoms with Crippen molar-refractivity contribution in [1.82, 2.24) is 0 Å². The lowest BCUT2D eigenvalue weighted by Gasteiger charge is -2.36. The highest BCUT2D eigenvalue weighted by molar-refractivity contribution is 5.99. The predicted octanol–water partition coefficient (Wildman–Crippen LogP) is 5.03. The van der Waals surface area contributed by atoms with Crippen molar-refractivity contribution in [2.75, 3.05) is 0 Å². The van der Waals surface area contributed by atoms with Gasteiger partial charge in [0.15, 0.2) is 5.78 Å². The second-order valence-electron chi connectivity index (χ2n) is 7.43. The van der Waals surface area contributed by atoms with E-state index in [-0.39, 0.29) is 17.1 Å². The number of carbonyl (C=O) groups is 2. The van der Waals surface area contributed by atoms with Gasteiger partial charge in [0.25, 0.3) is 0 Å². The second kappa shape index (κ2) is 9.20. The highest BCUT2D eigenvalue weighted by Gasteiger charge is 2.37. The number of rotatable bonds is 6. The van der Waals surface area contributed by atoms with E-state index in [0.29, 0.717) is 12.0 Å². The monoisotopic (exact) mass is 352 g/mol. The van der Waals surface area contributed by atoms with E-state index in [0.717, 1.165) is 29.2 Å². The molecule has 0 saturated carbocycles. The Labute approximate surface area is 156 Å². The van der Waals surface area contributed by atoms with Crippen molar-refractivity contribution in [3.63, 3.8) is 0 Å². The van der Waals surface area contributed by atoms with Gasteiger partial charge in [-0.3, -0.25) is 4.79 Å². The lowest BCUT2D eigenvalue weighted by molar-refractivity contribution is -0.131. The van der Waals surface area contributed by atoms with E-state index in [2.05, 4.69) is 19.8 Å². The summed E-state index contributed by atoms with van der Waals surface area (Å²) in [4.78, 5) is 23.1. The highest BCUT2D eigenvalue weighted by Crippen LogP contribution is 2.43. The summed E-state index contributed by atoms with van der Waals surface area (Å²) in [7, 11) is 0. The SMILES string of the molecule is C#CC[C@@H]1CC(C)(C)C(/C=C/C(C)=C/C=C/C(C)=C/C(=O)O)=C(C)C1=O. The van der Waals surface area contributed by atoms with E-state index >= 15 is 0 Å². The first-order valence-corrected chi connectivity index (χ1v) is 8.71. The van der Waals surface area contributed by atoms with Crippen LogP contribution in [0.4, 0.5) is 0 Å². The van der Waals surface area contributed by atoms with Crippen molar-refractivity contribution in [2.24, 2.45) is 11.3 Å². The molecule has 1 N–H and O–H groups in total. The Kier molecular flexibility index (Phi) is 7.58. The molecule has 1 aliphatic rings. The van der Waals surface area contributed by atoms with Crippen LogP contribution in [0.5, 0.6) is 0 Å². The molecule has 26 heavy (non-hydrogen) atoms. The summed E-state index contributed by atoms with van der Waals surface area (Å²) in [6.07, 6.45) is 17.3. The van der Waals surface area contributed by atoms with E-state index in [1.54, 1.807) is 13.0 Å². The lowest BCUT2D eigenvalue weighted by Crippen LogP contribution is -2.32. The van der Waals surface area contributed by atoms with E-state index in [9.17, 15) is 9.59 Å². The van der Waals surface area contributed by atoms with Gasteiger partial charge in [0, 0.05) is 18.4 Å². The number of carboxylic acid groups (broad SMARTS) is 1. The van der Waals surface area contributed by atoms with E-state index in [1.807, 2.05) is 38.2 Å². The number of terminal acetylenes is 1. The molecule has 0 amide bonds. The van der Waals surface area contributed by atoms with Crippen LogP contribution in [0.25, 0.3) is 0 Å². The van der Waals surface area contributed by atoms with Crippen molar-refractivity contribution in [1.29, 1.82) is 0 Å². The minimum absolute atomic E-state index is 0.0873. The van der Waals surface area contributed by atoms with Gasteiger partial charge in [-0.15, -0.1) is 12.3 Å². The molecule has 0 fully saturated rings. The lowest BCUT2D eigenvalue weighted by atomic mass is 9.67. The number of Topliss-reactive ketones (excluding diaryl/α,β-unsaturated/α-hetero) is 1. The molecule has 0 spiro atoms. The fourth-order valence-corrected chi connectivity index (χ4v) is 3.29. The standard InChI is InChI=1S/C23H28O3/c1-7-9-19-15-23(5,6)20(18(4)22(19)26)13-12-16(2)10-8-11-17(3)14-21(24)25/h1,8,10-14,19H,9,15H2,2-6H3,(H,24,25)/b11-8+,13-12+,16-10+,17-14+/t19-/m1/s1. The van der Waals surface area contributed by atoms with Gasteiger partial charge in [-0.1, -0.05) is 49.8 Å². The summed E-state index contributed by atoms with van der Waals surface area (Å²) in [6.45, 7) is 9.87. The molecule has 0 aromatic carbocycles. The second-order valence-corrected chi connectivity index (χ2v) is 7.43. The number of carboxylic acids is 1. The minimum atomic E-state index is -0.956. The molecule has 3 heteroatoms. The van der Waals surface area contributed by atoms with Crippen LogP contribution in [-0.4, -0.2) is 16.9 Å². The molecule has 1 rings (SSSR count). The third kappa shape index (κ3) is 6.04. The van der Waals surface area contributed by atoms with Crippen molar-refractivity contribution >= 4 is 11.8 Å². The first kappa shape index (κ1) is 21.4. The molecule has 0 radical (unpaired) electrons. The van der Waals surface area contributed by atoms with Crippen molar-refractivity contribution in [2.45, 2.75) is 47.5 Å². The van der Waals surface area contributed by atoms with E-state index in [1.165, 1.54) is 0 Å². The summed E-state index contributed by atoms with van der Waals surface area (Å²) in [5.74, 6) is 1.72. The molecule has 0 aliphatic heterocycles. The Morgan fingerprint density at radius 3 is 2.54 bits per heavy atom. The Morgan fingerprint density at radius 1 is 1.31 bits per heavy atom. The average molecular weight is 352 g/mol. The third-order valence-corrected chi connectivity index (χ3v) is 4.58. The smallest absolute Gasteiger partial charge is 0.328 e. The van der Waals surface area contributed by atoms with Crippen LogP contribution in [0.1, 0.15) is 47.5 Å². The molecule has 0 aromatic heterocycles. The predicted molar refractivity (Wildman–Crippen MR) is 106 cm³/mol. The Hall–Kier alpha value is -2.60. The Morgan fingerprint density at radius 2 is 1.96 bits per heavy atom. The first-order chi connectivity index (χ1) is 12.1. The molecule has 0 saturated heterocycles. The summed E-state index contributed by atoms with van der Waals surface area (Å²) in [5.41, 5.74) is 3.42. The fraction of sp³-hybridized carbons (Fsp3) is 0.391. The van der Waals surface area contributed by atoms with Gasteiger partial charge in [-0.25, -0.2) is 4.79 Å². The topological polar surface area (TPSA) is 54.4 Å². The zero-order valence-electron chi connectivity index (χ0n) is 16.3. The zero-order valence-corrected chi connectivity index (χ0v) is 16.3. The molecule has 1 atom stereocenters. The molecule has 0 unspecified atom stereocenters. The summed E-state index contributed by atoms with van der Waals surface area (Å²) in [6, 6.07) is 0. The summed E-state index contributed by atoms with van der Waals surface area (Å²) < 4.78 is 0. The molecule has 0 aromatic rings. The van der Waals surface area contributed by atoms with Gasteiger partial charge < -0.3 is 5.11 Å². The van der Waals surface area contributed by atoms with Crippen LogP contribution in [0.2, 0.25) is 0 Å². The van der Waals surface area contributed by atoms with Gasteiger partial charge in [0.05, 0.1) is 0 Å². The van der Waals surface area contributed by atoms with Crippen LogP contribution < -0.4 is 0 Å². The third-order valence-electron chi connectivity index (χ3n) is 4.58. The highest BCUT2D eigenvalue weighted by atomic mass is 16.4. The summed E-state index contributed by atoms with van der Waals surface area (Å²) >= 11 is 0. The number of carbonyl (C=O) groups excluding carboxylic acids is 1. The molecular formula is C23H28O3. The van der Waals surface area contributed by atoms with Gasteiger partial charge in [-0.05, 0) is 49.3 Å². The van der Waals surface area contributed by atoms with Crippen LogP contribution in [-0.2, 0) is 9.59 Å². The Balaban J connectivity index is 3.00. The van der Waals surface area contributed by atoms with Crippen LogP contribution in [0, 0.1) is 23.7 Å². The maximum atomic E-state index is 12.5. The first-order valence-electron chi connectivity index (χ1n) is 8.71. The maximum Gasteiger partial charge on any atom is 0.328 e. The van der Waals surface area contributed by atoms with E-state index < -0.39 is 5.97 Å². The maximum absolute atomic E-state index is 12.5. The number of hydrogen-bond donors (Lipinski definition) is 1. The van der Waals surface area contributed by atoms with Crippen LogP contribution >= 0.6 is 0 Å². The zero-order chi connectivity index (χ0) is 19.9. The van der Waals surface area contributed by atoms with Crippen molar-refractivity contribution in [3.05, 3.63) is 58.7 Å². The van der Waals surface area contributed by atoms with Gasteiger partial charge in [0.2, 0.25) is 0 Å². The molecule has 0 bridgehead atoms. The molecule has 0 heterocycles. The normalized spacial score (nSPS) is 21.5. The number of allylic oxidation sites excluding steroid dienone is 9. The average Bonchev–Trinajstić information content (AvgIpc) is 2.51. The molecule has 1 aliphatic carbocycles. The number of hydrogen-bond acceptors (Lipinski definition) is 2. The summed E-state index contributed by atoms with van der Waals surface area (Å²) in [5, 5.41) is 8.69. The fourth-order valence-electron chi connectivity index (χ4n) is 3.29. The quantitative estimate of drug-likeness (QED) is 0.414. The van der Waals surface area contributed by atoms with Gasteiger partial charge >= 0.3 is 5.97 Å². The number of ketones is 1. The van der Waals surface area contributed by atoms with Gasteiger partial charge in [0.1, 0.15) is 0 Å². The minimum Gasteiger partial charge on any atom is -0.478 e. The van der Waals surface area contributed by atoms with Crippen LogP contribution in [0.3, 0.4) is 0 Å². The molecule has 138 valence electrons. The molecule has 3 nitrogen and oxygen atoms in total. The van der Waals surface area contributed by atoms with Crippen molar-refractivity contribution in [3.8, 4) is 12.3 Å².